The second-order valence-corrected chi connectivity index (χ2v) is 5.33. The molecule has 0 aliphatic rings. The van der Waals surface area contributed by atoms with Crippen LogP contribution < -0.4 is 16.2 Å². The van der Waals surface area contributed by atoms with Gasteiger partial charge in [-0.15, -0.1) is 0 Å². The Morgan fingerprint density at radius 2 is 1.65 bits per heavy atom. The number of nitrogens with zero attached hydrogens (tertiary/aromatic N) is 2. The maximum atomic E-state index is 13.0. The summed E-state index contributed by atoms with van der Waals surface area (Å²) in [5.74, 6) is -1.43. The van der Waals surface area contributed by atoms with Crippen LogP contribution in [0, 0.1) is 0 Å². The van der Waals surface area contributed by atoms with Crippen LogP contribution in [-0.2, 0) is 12.7 Å². The van der Waals surface area contributed by atoms with E-state index in [1.807, 2.05) is 30.3 Å². The molecule has 0 unspecified atom stereocenters. The molecule has 0 atom stereocenters. The van der Waals surface area contributed by atoms with Crippen LogP contribution in [0.15, 0.2) is 54.6 Å². The predicted octanol–water partition coefficient (Wildman–Crippen LogP) is 3.47. The molecule has 0 radical (unpaired) electrons. The molecule has 2 aromatic carbocycles. The number of carbonyl (C=O) groups excluding carboxylic acids is 1. The minimum atomic E-state index is -4.70. The number of anilines is 1. The summed E-state index contributed by atoms with van der Waals surface area (Å²) in [5.41, 5.74) is 5.70. The molecule has 0 aliphatic heterocycles. The molecular formula is C17H14F3N5O. The Kier molecular flexibility index (Phi) is 4.87. The van der Waals surface area contributed by atoms with Gasteiger partial charge in [0.2, 0.25) is 5.82 Å². The first-order chi connectivity index (χ1) is 12.4. The maximum Gasteiger partial charge on any atom is 0.451 e. The molecular weight excluding hydrogens is 347 g/mol. The summed E-state index contributed by atoms with van der Waals surface area (Å²) < 4.78 is 38.9. The van der Waals surface area contributed by atoms with Crippen LogP contribution in [0.4, 0.5) is 23.8 Å². The van der Waals surface area contributed by atoms with Gasteiger partial charge in [0, 0.05) is 11.9 Å². The molecule has 9 heteroatoms. The Morgan fingerprint density at radius 3 is 2.38 bits per heavy atom. The van der Waals surface area contributed by atoms with Crippen molar-refractivity contribution in [2.24, 2.45) is 0 Å². The van der Waals surface area contributed by atoms with Crippen molar-refractivity contribution in [3.05, 3.63) is 66.0 Å². The zero-order valence-electron chi connectivity index (χ0n) is 13.3. The summed E-state index contributed by atoms with van der Waals surface area (Å²) >= 11 is 0. The van der Waals surface area contributed by atoms with Crippen LogP contribution in [0.2, 0.25) is 0 Å². The number of para-hydroxylation sites is 1. The van der Waals surface area contributed by atoms with Crippen molar-refractivity contribution in [3.8, 4) is 0 Å². The van der Waals surface area contributed by atoms with E-state index >= 15 is 0 Å². The molecule has 3 N–H and O–H groups in total. The molecule has 3 aromatic rings. The van der Waals surface area contributed by atoms with E-state index in [-0.39, 0.29) is 17.9 Å². The van der Waals surface area contributed by atoms with Crippen LogP contribution >= 0.6 is 0 Å². The van der Waals surface area contributed by atoms with Crippen LogP contribution in [0.5, 0.6) is 0 Å². The van der Waals surface area contributed by atoms with Gasteiger partial charge >= 0.3 is 12.2 Å². The first-order valence-electron chi connectivity index (χ1n) is 7.61. The normalized spacial score (nSPS) is 11.2. The molecule has 26 heavy (non-hydrogen) atoms. The van der Waals surface area contributed by atoms with E-state index in [0.29, 0.717) is 5.39 Å². The number of aromatic nitrogens is 2. The number of hydrazine groups is 1. The standard InChI is InChI=1S/C17H14F3N5O/c18-17(19,20)15-22-13-9-5-4-8-12(13)14(23-15)24-25-16(26)21-10-11-6-2-1-3-7-11/h1-9H,10H2,(H2,21,25,26)(H,22,23,24). The number of benzene rings is 2. The van der Waals surface area contributed by atoms with Gasteiger partial charge in [0.15, 0.2) is 5.82 Å². The van der Waals surface area contributed by atoms with Crippen LogP contribution in [0.25, 0.3) is 10.9 Å². The van der Waals surface area contributed by atoms with Crippen molar-refractivity contribution in [1.82, 2.24) is 20.7 Å². The number of hydrogen-bond acceptors (Lipinski definition) is 4. The van der Waals surface area contributed by atoms with Gasteiger partial charge in [-0.3, -0.25) is 10.9 Å². The lowest BCUT2D eigenvalue weighted by Crippen LogP contribution is -2.39. The summed E-state index contributed by atoms with van der Waals surface area (Å²) in [5, 5.41) is 2.93. The van der Waals surface area contributed by atoms with Crippen molar-refractivity contribution in [1.29, 1.82) is 0 Å². The highest BCUT2D eigenvalue weighted by atomic mass is 19.4. The predicted molar refractivity (Wildman–Crippen MR) is 90.0 cm³/mol. The van der Waals surface area contributed by atoms with Gasteiger partial charge in [0.1, 0.15) is 0 Å². The molecule has 2 amide bonds. The minimum Gasteiger partial charge on any atom is -0.333 e. The van der Waals surface area contributed by atoms with E-state index in [1.54, 1.807) is 18.2 Å². The number of amides is 2. The van der Waals surface area contributed by atoms with E-state index in [0.717, 1.165) is 5.56 Å². The topological polar surface area (TPSA) is 78.9 Å². The quantitative estimate of drug-likeness (QED) is 0.622. The molecule has 134 valence electrons. The number of rotatable bonds is 4. The lowest BCUT2D eigenvalue weighted by molar-refractivity contribution is -0.144. The van der Waals surface area contributed by atoms with Gasteiger partial charge in [-0.1, -0.05) is 42.5 Å². The Hall–Kier alpha value is -3.36. The Morgan fingerprint density at radius 1 is 0.962 bits per heavy atom. The Labute approximate surface area is 146 Å². The van der Waals surface area contributed by atoms with Crippen molar-refractivity contribution in [2.45, 2.75) is 12.7 Å². The van der Waals surface area contributed by atoms with Gasteiger partial charge in [0.25, 0.3) is 0 Å². The van der Waals surface area contributed by atoms with E-state index in [2.05, 4.69) is 26.1 Å². The van der Waals surface area contributed by atoms with Crippen molar-refractivity contribution in [3.63, 3.8) is 0 Å². The fourth-order valence-electron chi connectivity index (χ4n) is 2.24. The Balaban J connectivity index is 1.72. The third kappa shape index (κ3) is 4.18. The monoisotopic (exact) mass is 361 g/mol. The third-order valence-corrected chi connectivity index (χ3v) is 3.45. The number of halogens is 3. The zero-order chi connectivity index (χ0) is 18.6. The largest absolute Gasteiger partial charge is 0.451 e. The van der Waals surface area contributed by atoms with Gasteiger partial charge in [0.05, 0.1) is 5.52 Å². The number of urea groups is 1. The van der Waals surface area contributed by atoms with Crippen LogP contribution in [0.3, 0.4) is 0 Å². The maximum absolute atomic E-state index is 13.0. The van der Waals surface area contributed by atoms with E-state index in [9.17, 15) is 18.0 Å². The first kappa shape index (κ1) is 17.5. The summed E-state index contributed by atoms with van der Waals surface area (Å²) in [6, 6.07) is 14.8. The first-order valence-corrected chi connectivity index (χ1v) is 7.61. The number of alkyl halides is 3. The molecule has 0 saturated carbocycles. The average molecular weight is 361 g/mol. The van der Waals surface area contributed by atoms with Crippen molar-refractivity contribution < 1.29 is 18.0 Å². The number of hydrogen-bond donors (Lipinski definition) is 3. The molecule has 0 saturated heterocycles. The summed E-state index contributed by atoms with van der Waals surface area (Å²) in [7, 11) is 0. The molecule has 0 bridgehead atoms. The van der Waals surface area contributed by atoms with Gasteiger partial charge < -0.3 is 5.32 Å². The highest BCUT2D eigenvalue weighted by molar-refractivity contribution is 5.89. The summed E-state index contributed by atoms with van der Waals surface area (Å²) in [6.07, 6.45) is -4.70. The molecule has 1 heterocycles. The van der Waals surface area contributed by atoms with Gasteiger partial charge in [-0.05, 0) is 17.7 Å². The molecule has 0 aliphatic carbocycles. The van der Waals surface area contributed by atoms with Gasteiger partial charge in [-0.2, -0.15) is 13.2 Å². The van der Waals surface area contributed by atoms with Gasteiger partial charge in [-0.25, -0.2) is 14.8 Å². The summed E-state index contributed by atoms with van der Waals surface area (Å²) in [4.78, 5) is 18.8. The average Bonchev–Trinajstić information content (AvgIpc) is 2.64. The van der Waals surface area contributed by atoms with Crippen molar-refractivity contribution >= 4 is 22.8 Å². The molecule has 3 rings (SSSR count). The smallest absolute Gasteiger partial charge is 0.333 e. The lowest BCUT2D eigenvalue weighted by atomic mass is 10.2. The number of nitrogens with one attached hydrogen (secondary N) is 3. The fraction of sp³-hybridized carbons (Fsp3) is 0.118. The zero-order valence-corrected chi connectivity index (χ0v) is 13.3. The minimum absolute atomic E-state index is 0.115. The molecule has 6 nitrogen and oxygen atoms in total. The Bertz CT molecular complexity index is 915. The van der Waals surface area contributed by atoms with E-state index in [4.69, 9.17) is 0 Å². The highest BCUT2D eigenvalue weighted by Crippen LogP contribution is 2.29. The highest BCUT2D eigenvalue weighted by Gasteiger charge is 2.35. The molecule has 0 fully saturated rings. The second-order valence-electron chi connectivity index (χ2n) is 5.33. The molecule has 0 spiro atoms. The van der Waals surface area contributed by atoms with E-state index in [1.165, 1.54) is 6.07 Å². The van der Waals surface area contributed by atoms with E-state index < -0.39 is 18.0 Å². The molecule has 1 aromatic heterocycles. The third-order valence-electron chi connectivity index (χ3n) is 3.45. The second kappa shape index (κ2) is 7.26. The SMILES string of the molecule is O=C(NCc1ccccc1)NNc1nc(C(F)(F)F)nc2ccccc12. The van der Waals surface area contributed by atoms with Crippen LogP contribution in [-0.4, -0.2) is 16.0 Å². The van der Waals surface area contributed by atoms with Crippen LogP contribution in [0.1, 0.15) is 11.4 Å². The fourth-order valence-corrected chi connectivity index (χ4v) is 2.24. The number of fused-ring (bicyclic) bond motifs is 1. The van der Waals surface area contributed by atoms with Crippen molar-refractivity contribution in [2.75, 3.05) is 5.43 Å². The summed E-state index contributed by atoms with van der Waals surface area (Å²) in [6.45, 7) is 0.271. The lowest BCUT2D eigenvalue weighted by Gasteiger charge is -2.13. The number of carbonyl (C=O) groups is 1.